The zero-order chi connectivity index (χ0) is 18.8. The SMILES string of the molecule is Cc1ccc(-c2[nH]c3ccccc3c2C(C[N+](=O)[O-])c2ccccc2)cc1. The van der Waals surface area contributed by atoms with Crippen molar-refractivity contribution in [2.75, 3.05) is 6.54 Å². The number of para-hydroxylation sites is 1. The maximum atomic E-state index is 11.5. The minimum absolute atomic E-state index is 0.148. The molecule has 1 aromatic heterocycles. The molecule has 4 nitrogen and oxygen atoms in total. The molecule has 0 bridgehead atoms. The lowest BCUT2D eigenvalue weighted by Crippen LogP contribution is -2.14. The average molecular weight is 356 g/mol. The van der Waals surface area contributed by atoms with Crippen LogP contribution >= 0.6 is 0 Å². The number of fused-ring (bicyclic) bond motifs is 1. The molecule has 3 aromatic carbocycles. The monoisotopic (exact) mass is 356 g/mol. The van der Waals surface area contributed by atoms with E-state index in [0.29, 0.717) is 0 Å². The van der Waals surface area contributed by atoms with Crippen molar-refractivity contribution in [3.05, 3.63) is 106 Å². The molecule has 0 saturated heterocycles. The fourth-order valence-electron chi connectivity index (χ4n) is 3.67. The van der Waals surface area contributed by atoms with Crippen molar-refractivity contribution in [2.45, 2.75) is 12.8 Å². The van der Waals surface area contributed by atoms with Gasteiger partial charge in [0.1, 0.15) is 0 Å². The predicted octanol–water partition coefficient (Wildman–Crippen LogP) is 5.55. The molecule has 27 heavy (non-hydrogen) atoms. The van der Waals surface area contributed by atoms with Gasteiger partial charge in [-0.25, -0.2) is 0 Å². The number of nitro groups is 1. The van der Waals surface area contributed by atoms with Crippen molar-refractivity contribution in [1.29, 1.82) is 0 Å². The van der Waals surface area contributed by atoms with Crippen LogP contribution < -0.4 is 0 Å². The Bertz CT molecular complexity index is 1080. The highest BCUT2D eigenvalue weighted by atomic mass is 16.6. The first-order chi connectivity index (χ1) is 13.1. The van der Waals surface area contributed by atoms with Crippen LogP contribution in [0.5, 0.6) is 0 Å². The Labute approximate surface area is 157 Å². The van der Waals surface area contributed by atoms with E-state index < -0.39 is 0 Å². The van der Waals surface area contributed by atoms with Crippen LogP contribution in [0.4, 0.5) is 0 Å². The Kier molecular flexibility index (Phi) is 4.47. The zero-order valence-corrected chi connectivity index (χ0v) is 15.1. The minimum atomic E-state index is -0.325. The van der Waals surface area contributed by atoms with E-state index >= 15 is 0 Å². The number of rotatable bonds is 5. The summed E-state index contributed by atoms with van der Waals surface area (Å²) < 4.78 is 0. The van der Waals surface area contributed by atoms with Crippen molar-refractivity contribution in [3.8, 4) is 11.3 Å². The van der Waals surface area contributed by atoms with Gasteiger partial charge in [-0.1, -0.05) is 78.4 Å². The molecule has 134 valence electrons. The quantitative estimate of drug-likeness (QED) is 0.376. The number of aromatic amines is 1. The summed E-state index contributed by atoms with van der Waals surface area (Å²) in [5.74, 6) is -0.325. The topological polar surface area (TPSA) is 58.9 Å². The Morgan fingerprint density at radius 1 is 0.926 bits per heavy atom. The lowest BCUT2D eigenvalue weighted by molar-refractivity contribution is -0.481. The Hall–Kier alpha value is -3.40. The molecule has 4 heteroatoms. The van der Waals surface area contributed by atoms with Gasteiger partial charge < -0.3 is 4.98 Å². The van der Waals surface area contributed by atoms with Gasteiger partial charge >= 0.3 is 0 Å². The summed E-state index contributed by atoms with van der Waals surface area (Å²) in [6, 6.07) is 26.0. The summed E-state index contributed by atoms with van der Waals surface area (Å²) in [4.78, 5) is 14.8. The summed E-state index contributed by atoms with van der Waals surface area (Å²) >= 11 is 0. The number of nitrogens with zero attached hydrogens (tertiary/aromatic N) is 1. The molecule has 0 aliphatic heterocycles. The van der Waals surface area contributed by atoms with Crippen LogP contribution in [-0.4, -0.2) is 16.5 Å². The smallest absolute Gasteiger partial charge is 0.214 e. The number of aromatic nitrogens is 1. The summed E-state index contributed by atoms with van der Waals surface area (Å²) in [7, 11) is 0. The molecule has 0 fully saturated rings. The number of H-pyrrole nitrogens is 1. The van der Waals surface area contributed by atoms with E-state index in [-0.39, 0.29) is 17.4 Å². The molecular weight excluding hydrogens is 336 g/mol. The van der Waals surface area contributed by atoms with Crippen LogP contribution in [-0.2, 0) is 0 Å². The van der Waals surface area contributed by atoms with Crippen molar-refractivity contribution in [2.24, 2.45) is 0 Å². The Morgan fingerprint density at radius 3 is 2.30 bits per heavy atom. The van der Waals surface area contributed by atoms with Crippen LogP contribution in [0.1, 0.15) is 22.6 Å². The number of benzene rings is 3. The van der Waals surface area contributed by atoms with Crippen LogP contribution in [0.3, 0.4) is 0 Å². The van der Waals surface area contributed by atoms with Crippen molar-refractivity contribution in [1.82, 2.24) is 4.98 Å². The molecular formula is C23H20N2O2. The maximum absolute atomic E-state index is 11.5. The van der Waals surface area contributed by atoms with E-state index in [1.807, 2.05) is 54.6 Å². The number of nitrogens with one attached hydrogen (secondary N) is 1. The number of aryl methyl sites for hydroxylation is 1. The van der Waals surface area contributed by atoms with Crippen LogP contribution in [0.15, 0.2) is 78.9 Å². The highest BCUT2D eigenvalue weighted by Crippen LogP contribution is 2.39. The molecule has 0 saturated carbocycles. The van der Waals surface area contributed by atoms with Gasteiger partial charge in [0.15, 0.2) is 0 Å². The van der Waals surface area contributed by atoms with Crippen molar-refractivity contribution >= 4 is 10.9 Å². The van der Waals surface area contributed by atoms with Crippen LogP contribution in [0, 0.1) is 17.0 Å². The van der Waals surface area contributed by atoms with E-state index in [9.17, 15) is 10.1 Å². The molecule has 1 atom stereocenters. The minimum Gasteiger partial charge on any atom is -0.354 e. The fraction of sp³-hybridized carbons (Fsp3) is 0.130. The first kappa shape index (κ1) is 17.0. The third-order valence-electron chi connectivity index (χ3n) is 4.97. The van der Waals surface area contributed by atoms with Gasteiger partial charge in [-0.3, -0.25) is 10.1 Å². The summed E-state index contributed by atoms with van der Waals surface area (Å²) in [6.07, 6.45) is 0. The molecule has 4 rings (SSSR count). The van der Waals surface area contributed by atoms with Gasteiger partial charge in [0.25, 0.3) is 0 Å². The molecule has 0 radical (unpaired) electrons. The summed E-state index contributed by atoms with van der Waals surface area (Å²) in [6.45, 7) is 1.90. The van der Waals surface area contributed by atoms with Gasteiger partial charge in [0, 0.05) is 15.8 Å². The van der Waals surface area contributed by atoms with E-state index in [4.69, 9.17) is 0 Å². The van der Waals surface area contributed by atoms with E-state index in [1.54, 1.807) is 0 Å². The second-order valence-corrected chi connectivity index (χ2v) is 6.80. The normalized spacial score (nSPS) is 12.2. The standard InChI is InChI=1S/C23H20N2O2/c1-16-11-13-18(14-12-16)23-22(19-9-5-6-10-21(19)24-23)20(15-25(26)27)17-7-3-2-4-8-17/h2-14,20,24H,15H2,1H3. The average Bonchev–Trinajstić information content (AvgIpc) is 3.06. The first-order valence-electron chi connectivity index (χ1n) is 8.98. The third-order valence-corrected chi connectivity index (χ3v) is 4.97. The second-order valence-electron chi connectivity index (χ2n) is 6.80. The molecule has 4 aromatic rings. The fourth-order valence-corrected chi connectivity index (χ4v) is 3.67. The molecule has 0 aliphatic carbocycles. The predicted molar refractivity (Wildman–Crippen MR) is 109 cm³/mol. The van der Waals surface area contributed by atoms with E-state index in [2.05, 4.69) is 36.2 Å². The van der Waals surface area contributed by atoms with Gasteiger partial charge in [-0.05, 0) is 29.7 Å². The maximum Gasteiger partial charge on any atom is 0.214 e. The van der Waals surface area contributed by atoms with Crippen LogP contribution in [0.25, 0.3) is 22.2 Å². The molecule has 1 N–H and O–H groups in total. The first-order valence-corrected chi connectivity index (χ1v) is 8.98. The van der Waals surface area contributed by atoms with E-state index in [1.165, 1.54) is 5.56 Å². The van der Waals surface area contributed by atoms with Gasteiger partial charge in [-0.15, -0.1) is 0 Å². The van der Waals surface area contributed by atoms with Crippen molar-refractivity contribution < 1.29 is 4.92 Å². The van der Waals surface area contributed by atoms with Crippen LogP contribution in [0.2, 0.25) is 0 Å². The second kappa shape index (κ2) is 7.08. The zero-order valence-electron chi connectivity index (χ0n) is 15.1. The van der Waals surface area contributed by atoms with Gasteiger partial charge in [-0.2, -0.15) is 0 Å². The molecule has 0 amide bonds. The molecule has 1 unspecified atom stereocenters. The van der Waals surface area contributed by atoms with E-state index in [0.717, 1.165) is 33.3 Å². The molecule has 1 heterocycles. The lowest BCUT2D eigenvalue weighted by atomic mass is 9.87. The Morgan fingerprint density at radius 2 is 1.59 bits per heavy atom. The van der Waals surface area contributed by atoms with Crippen molar-refractivity contribution in [3.63, 3.8) is 0 Å². The highest BCUT2D eigenvalue weighted by Gasteiger charge is 2.27. The largest absolute Gasteiger partial charge is 0.354 e. The Balaban J connectivity index is 1.98. The molecule has 0 spiro atoms. The third kappa shape index (κ3) is 3.34. The van der Waals surface area contributed by atoms with Gasteiger partial charge in [0.05, 0.1) is 11.6 Å². The van der Waals surface area contributed by atoms with Gasteiger partial charge in [0.2, 0.25) is 6.54 Å². The number of hydrogen-bond acceptors (Lipinski definition) is 2. The lowest BCUT2D eigenvalue weighted by Gasteiger charge is -2.16. The highest BCUT2D eigenvalue weighted by molar-refractivity contribution is 5.92. The summed E-state index contributed by atoms with van der Waals surface area (Å²) in [5, 5.41) is 12.5. The summed E-state index contributed by atoms with van der Waals surface area (Å²) in [5.41, 5.74) is 6.10. The molecule has 0 aliphatic rings. The number of hydrogen-bond donors (Lipinski definition) is 1.